The molecule has 0 aromatic heterocycles. The molecule has 2 N–H and O–H groups in total. The minimum Gasteiger partial charge on any atom is -0.489 e. The summed E-state index contributed by atoms with van der Waals surface area (Å²) in [4.78, 5) is 0. The number of hydrogen-bond acceptors (Lipinski definition) is 2. The normalized spacial score (nSPS) is 12.1. The molecule has 0 aliphatic rings. The van der Waals surface area contributed by atoms with E-state index in [1.54, 1.807) is 0 Å². The van der Waals surface area contributed by atoms with Crippen molar-refractivity contribution in [2.75, 3.05) is 6.54 Å². The van der Waals surface area contributed by atoms with Gasteiger partial charge in [-0.1, -0.05) is 42.5 Å². The summed E-state index contributed by atoms with van der Waals surface area (Å²) in [5, 5.41) is 0. The summed E-state index contributed by atoms with van der Waals surface area (Å²) < 4.78 is 5.64. The van der Waals surface area contributed by atoms with Crippen LogP contribution in [0.15, 0.2) is 54.6 Å². The van der Waals surface area contributed by atoms with Gasteiger partial charge < -0.3 is 10.5 Å². The number of rotatable bonds is 5. The van der Waals surface area contributed by atoms with E-state index >= 15 is 0 Å². The molecule has 0 fully saturated rings. The van der Waals surface area contributed by atoms with E-state index in [9.17, 15) is 0 Å². The van der Waals surface area contributed by atoms with Crippen molar-refractivity contribution in [3.63, 3.8) is 0 Å². The molecule has 0 spiro atoms. The Morgan fingerprint density at radius 3 is 2.17 bits per heavy atom. The van der Waals surface area contributed by atoms with Crippen molar-refractivity contribution in [1.29, 1.82) is 0 Å². The largest absolute Gasteiger partial charge is 0.489 e. The Labute approximate surface area is 108 Å². The minimum absolute atomic E-state index is 0.0602. The van der Waals surface area contributed by atoms with Crippen molar-refractivity contribution in [1.82, 2.24) is 0 Å². The molecule has 2 rings (SSSR count). The van der Waals surface area contributed by atoms with Crippen LogP contribution in [0.1, 0.15) is 18.1 Å². The van der Waals surface area contributed by atoms with Crippen molar-refractivity contribution in [3.8, 4) is 5.75 Å². The fraction of sp³-hybridized carbons (Fsp3) is 0.250. The van der Waals surface area contributed by atoms with Crippen LogP contribution in [0.3, 0.4) is 0 Å². The Hall–Kier alpha value is -1.80. The highest BCUT2D eigenvalue weighted by Gasteiger charge is 2.01. The first-order chi connectivity index (χ1) is 8.78. The standard InChI is InChI=1S/C16H19NO/c1-13(12-17)18-16-9-7-15(8-10-16)11-14-5-3-2-4-6-14/h2-10,13H,11-12,17H2,1H3. The molecule has 94 valence electrons. The van der Waals surface area contributed by atoms with Crippen LogP contribution < -0.4 is 10.5 Å². The van der Waals surface area contributed by atoms with Crippen molar-refractivity contribution < 1.29 is 4.74 Å². The van der Waals surface area contributed by atoms with Gasteiger partial charge in [0.15, 0.2) is 0 Å². The van der Waals surface area contributed by atoms with Crippen LogP contribution in [0.2, 0.25) is 0 Å². The van der Waals surface area contributed by atoms with Gasteiger partial charge >= 0.3 is 0 Å². The highest BCUT2D eigenvalue weighted by Crippen LogP contribution is 2.16. The lowest BCUT2D eigenvalue weighted by molar-refractivity contribution is 0.230. The zero-order chi connectivity index (χ0) is 12.8. The van der Waals surface area contributed by atoms with E-state index in [1.807, 2.05) is 25.1 Å². The molecule has 18 heavy (non-hydrogen) atoms. The van der Waals surface area contributed by atoms with Crippen molar-refractivity contribution >= 4 is 0 Å². The quantitative estimate of drug-likeness (QED) is 0.873. The zero-order valence-electron chi connectivity index (χ0n) is 10.7. The second-order valence-electron chi connectivity index (χ2n) is 4.47. The van der Waals surface area contributed by atoms with E-state index in [0.717, 1.165) is 12.2 Å². The van der Waals surface area contributed by atoms with Crippen molar-refractivity contribution in [2.24, 2.45) is 5.73 Å². The van der Waals surface area contributed by atoms with Gasteiger partial charge in [-0.2, -0.15) is 0 Å². The summed E-state index contributed by atoms with van der Waals surface area (Å²) in [5.41, 5.74) is 8.13. The van der Waals surface area contributed by atoms with Gasteiger partial charge in [-0.25, -0.2) is 0 Å². The fourth-order valence-corrected chi connectivity index (χ4v) is 1.80. The van der Waals surface area contributed by atoms with E-state index in [0.29, 0.717) is 6.54 Å². The molecule has 1 atom stereocenters. The summed E-state index contributed by atoms with van der Waals surface area (Å²) in [7, 11) is 0. The third-order valence-corrected chi connectivity index (χ3v) is 2.84. The smallest absolute Gasteiger partial charge is 0.119 e. The van der Waals surface area contributed by atoms with Gasteiger partial charge in [0.1, 0.15) is 11.9 Å². The van der Waals surface area contributed by atoms with E-state index in [1.165, 1.54) is 11.1 Å². The number of ether oxygens (including phenoxy) is 1. The van der Waals surface area contributed by atoms with Gasteiger partial charge in [0, 0.05) is 6.54 Å². The SMILES string of the molecule is CC(CN)Oc1ccc(Cc2ccccc2)cc1. The molecular formula is C16H19NO. The topological polar surface area (TPSA) is 35.2 Å². The predicted octanol–water partition coefficient (Wildman–Crippen LogP) is 3.00. The molecule has 0 amide bonds. The average molecular weight is 241 g/mol. The lowest BCUT2D eigenvalue weighted by Crippen LogP contribution is -2.22. The van der Waals surface area contributed by atoms with Gasteiger partial charge in [-0.05, 0) is 36.6 Å². The zero-order valence-corrected chi connectivity index (χ0v) is 10.7. The molecule has 2 heteroatoms. The van der Waals surface area contributed by atoms with Gasteiger partial charge in [0.25, 0.3) is 0 Å². The van der Waals surface area contributed by atoms with E-state index in [4.69, 9.17) is 10.5 Å². The van der Waals surface area contributed by atoms with Crippen LogP contribution >= 0.6 is 0 Å². The lowest BCUT2D eigenvalue weighted by atomic mass is 10.1. The second-order valence-corrected chi connectivity index (χ2v) is 4.47. The summed E-state index contributed by atoms with van der Waals surface area (Å²) in [5.74, 6) is 0.879. The van der Waals surface area contributed by atoms with Gasteiger partial charge in [-0.3, -0.25) is 0 Å². The lowest BCUT2D eigenvalue weighted by Gasteiger charge is -2.12. The molecule has 1 unspecified atom stereocenters. The number of benzene rings is 2. The Bertz CT molecular complexity index is 464. The van der Waals surface area contributed by atoms with E-state index < -0.39 is 0 Å². The number of hydrogen-bond donors (Lipinski definition) is 1. The molecule has 0 saturated heterocycles. The highest BCUT2D eigenvalue weighted by atomic mass is 16.5. The molecule has 0 bridgehead atoms. The summed E-state index contributed by atoms with van der Waals surface area (Å²) in [6, 6.07) is 18.7. The maximum absolute atomic E-state index is 5.64. The van der Waals surface area contributed by atoms with Gasteiger partial charge in [0.05, 0.1) is 0 Å². The molecule has 0 aliphatic heterocycles. The maximum atomic E-state index is 5.64. The van der Waals surface area contributed by atoms with Crippen LogP contribution in [0.5, 0.6) is 5.75 Å². The molecule has 2 aromatic rings. The van der Waals surface area contributed by atoms with Gasteiger partial charge in [0.2, 0.25) is 0 Å². The predicted molar refractivity (Wildman–Crippen MR) is 74.8 cm³/mol. The van der Waals surface area contributed by atoms with Crippen molar-refractivity contribution in [2.45, 2.75) is 19.4 Å². The average Bonchev–Trinajstić information content (AvgIpc) is 2.42. The molecule has 2 aromatic carbocycles. The first-order valence-electron chi connectivity index (χ1n) is 6.27. The van der Waals surface area contributed by atoms with Crippen LogP contribution in [-0.4, -0.2) is 12.6 Å². The van der Waals surface area contributed by atoms with Crippen LogP contribution in [0, 0.1) is 0 Å². The third-order valence-electron chi connectivity index (χ3n) is 2.84. The summed E-state index contributed by atoms with van der Waals surface area (Å²) in [6.07, 6.45) is 1.01. The third kappa shape index (κ3) is 3.60. The van der Waals surface area contributed by atoms with Crippen LogP contribution in [0.25, 0.3) is 0 Å². The first-order valence-corrected chi connectivity index (χ1v) is 6.27. The van der Waals surface area contributed by atoms with E-state index in [-0.39, 0.29) is 6.10 Å². The molecule has 0 saturated carbocycles. The molecule has 0 aliphatic carbocycles. The monoisotopic (exact) mass is 241 g/mol. The molecule has 0 heterocycles. The van der Waals surface area contributed by atoms with Crippen molar-refractivity contribution in [3.05, 3.63) is 65.7 Å². The Kier molecular flexibility index (Phi) is 4.37. The number of nitrogens with two attached hydrogens (primary N) is 1. The summed E-state index contributed by atoms with van der Waals surface area (Å²) in [6.45, 7) is 2.50. The Morgan fingerprint density at radius 1 is 0.944 bits per heavy atom. The Morgan fingerprint density at radius 2 is 1.56 bits per heavy atom. The molecule has 0 radical (unpaired) electrons. The Balaban J connectivity index is 2.00. The summed E-state index contributed by atoms with van der Waals surface area (Å²) >= 11 is 0. The second kappa shape index (κ2) is 6.22. The highest BCUT2D eigenvalue weighted by molar-refractivity contribution is 5.31. The van der Waals surface area contributed by atoms with Crippen LogP contribution in [0.4, 0.5) is 0 Å². The fourth-order valence-electron chi connectivity index (χ4n) is 1.80. The van der Waals surface area contributed by atoms with E-state index in [2.05, 4.69) is 36.4 Å². The minimum atomic E-state index is 0.0602. The van der Waals surface area contributed by atoms with Crippen LogP contribution in [-0.2, 0) is 6.42 Å². The first kappa shape index (κ1) is 12.7. The van der Waals surface area contributed by atoms with Gasteiger partial charge in [-0.15, -0.1) is 0 Å². The molecule has 2 nitrogen and oxygen atoms in total. The maximum Gasteiger partial charge on any atom is 0.119 e. The molecular weight excluding hydrogens is 222 g/mol.